The third-order valence-corrected chi connectivity index (χ3v) is 7.01. The molecule has 3 N–H and O–H groups in total. The summed E-state index contributed by atoms with van der Waals surface area (Å²) in [6.45, 7) is 8.60. The van der Waals surface area contributed by atoms with E-state index in [0.717, 1.165) is 60.2 Å². The summed E-state index contributed by atoms with van der Waals surface area (Å²) in [7, 11) is 0. The van der Waals surface area contributed by atoms with Crippen molar-refractivity contribution in [1.29, 1.82) is 0 Å². The summed E-state index contributed by atoms with van der Waals surface area (Å²) in [4.78, 5) is 36.1. The number of hydrogen-bond donors (Lipinski definition) is 3. The molecule has 5 rings (SSSR count). The molecule has 10 heteroatoms. The van der Waals surface area contributed by atoms with E-state index in [1.807, 2.05) is 72.8 Å². The molecule has 0 saturated carbocycles. The van der Waals surface area contributed by atoms with E-state index in [4.69, 9.17) is 14.5 Å². The van der Waals surface area contributed by atoms with Gasteiger partial charge in [-0.25, -0.2) is 14.8 Å². The van der Waals surface area contributed by atoms with Gasteiger partial charge in [-0.15, -0.1) is 0 Å². The Morgan fingerprint density at radius 1 is 0.932 bits per heavy atom. The Morgan fingerprint density at radius 2 is 1.61 bits per heavy atom. The van der Waals surface area contributed by atoms with Crippen molar-refractivity contribution < 1.29 is 19.1 Å². The van der Waals surface area contributed by atoms with Crippen LogP contribution in [-0.2, 0) is 14.3 Å². The number of carbonyl (C=O) groups excluding carboxylic acids is 2. The van der Waals surface area contributed by atoms with E-state index in [2.05, 4.69) is 38.0 Å². The average Bonchev–Trinajstić information content (AvgIpc) is 3.03. The first-order valence-electron chi connectivity index (χ1n) is 14.7. The van der Waals surface area contributed by atoms with E-state index in [9.17, 15) is 9.59 Å². The molecule has 2 atom stereocenters. The van der Waals surface area contributed by atoms with Crippen molar-refractivity contribution in [2.45, 2.75) is 38.5 Å². The molecule has 3 aromatic carbocycles. The van der Waals surface area contributed by atoms with Crippen LogP contribution in [0.4, 0.5) is 27.8 Å². The van der Waals surface area contributed by atoms with Gasteiger partial charge in [0.2, 0.25) is 5.95 Å². The maximum absolute atomic E-state index is 12.5. The first-order chi connectivity index (χ1) is 21.3. The number of hydrogen-bond acceptors (Lipinski definition) is 9. The lowest BCUT2D eigenvalue weighted by atomic mass is 9.99. The third-order valence-electron chi connectivity index (χ3n) is 7.01. The maximum Gasteiger partial charge on any atom is 0.408 e. The van der Waals surface area contributed by atoms with Gasteiger partial charge in [-0.1, -0.05) is 42.5 Å². The Hall–Kier alpha value is -4.96. The lowest BCUT2D eigenvalue weighted by molar-refractivity contribution is -0.110. The predicted octanol–water partition coefficient (Wildman–Crippen LogP) is 5.97. The highest BCUT2D eigenvalue weighted by Crippen LogP contribution is 2.27. The summed E-state index contributed by atoms with van der Waals surface area (Å²) in [5.41, 5.74) is 4.65. The quantitative estimate of drug-likeness (QED) is 0.191. The largest absolute Gasteiger partial charge is 0.444 e. The normalized spacial score (nSPS) is 14.7. The molecule has 1 amide bonds. The van der Waals surface area contributed by atoms with Crippen LogP contribution in [0.25, 0.3) is 11.3 Å². The highest BCUT2D eigenvalue weighted by atomic mass is 16.6. The van der Waals surface area contributed by atoms with E-state index >= 15 is 0 Å². The molecule has 0 aliphatic carbocycles. The second-order valence-electron chi connectivity index (χ2n) is 11.5. The Labute approximate surface area is 257 Å². The average molecular weight is 595 g/mol. The number of aromatic nitrogens is 2. The zero-order valence-corrected chi connectivity index (χ0v) is 25.2. The summed E-state index contributed by atoms with van der Waals surface area (Å²) in [6, 6.07) is 25.9. The van der Waals surface area contributed by atoms with Crippen LogP contribution < -0.4 is 20.9 Å². The fourth-order valence-electron chi connectivity index (χ4n) is 4.88. The zero-order valence-electron chi connectivity index (χ0n) is 25.2. The first kappa shape index (κ1) is 30.5. The molecular weight excluding hydrogens is 556 g/mol. The van der Waals surface area contributed by atoms with Crippen LogP contribution in [0.2, 0.25) is 0 Å². The minimum absolute atomic E-state index is 0.495. The van der Waals surface area contributed by atoms with Crippen LogP contribution in [0.15, 0.2) is 91.1 Å². The van der Waals surface area contributed by atoms with Crippen molar-refractivity contribution in [2.75, 3.05) is 41.8 Å². The number of ether oxygens (including phenoxy) is 2. The van der Waals surface area contributed by atoms with E-state index < -0.39 is 23.8 Å². The minimum atomic E-state index is -0.870. The van der Waals surface area contributed by atoms with Crippen LogP contribution >= 0.6 is 0 Å². The van der Waals surface area contributed by atoms with Crippen molar-refractivity contribution in [3.05, 3.63) is 96.7 Å². The van der Waals surface area contributed by atoms with Gasteiger partial charge in [0.1, 0.15) is 17.9 Å². The number of carbonyl (C=O) groups is 2. The van der Waals surface area contributed by atoms with Crippen molar-refractivity contribution in [3.8, 4) is 11.3 Å². The van der Waals surface area contributed by atoms with E-state index in [-0.39, 0.29) is 0 Å². The Kier molecular flexibility index (Phi) is 9.71. The van der Waals surface area contributed by atoms with E-state index in [0.29, 0.717) is 12.2 Å². The first-order valence-corrected chi connectivity index (χ1v) is 14.7. The van der Waals surface area contributed by atoms with E-state index in [1.54, 1.807) is 27.0 Å². The number of rotatable bonds is 10. The number of morpholine rings is 1. The number of nitrogens with one attached hydrogen (secondary N) is 3. The maximum atomic E-state index is 12.5. The predicted molar refractivity (Wildman–Crippen MR) is 172 cm³/mol. The van der Waals surface area contributed by atoms with Gasteiger partial charge < -0.3 is 35.1 Å². The number of alkyl carbamates (subject to hydrolysis) is 1. The molecule has 0 spiro atoms. The highest BCUT2D eigenvalue weighted by molar-refractivity contribution is 5.75. The molecule has 4 aromatic rings. The topological polar surface area (TPSA) is 118 Å². The minimum Gasteiger partial charge on any atom is -0.444 e. The van der Waals surface area contributed by atoms with Gasteiger partial charge in [-0.2, -0.15) is 0 Å². The molecule has 1 aromatic heterocycles. The van der Waals surface area contributed by atoms with Gasteiger partial charge >= 0.3 is 6.09 Å². The van der Waals surface area contributed by atoms with Crippen LogP contribution in [0.5, 0.6) is 0 Å². The lowest BCUT2D eigenvalue weighted by Gasteiger charge is -2.28. The fraction of sp³-hybridized carbons (Fsp3) is 0.294. The molecule has 2 heterocycles. The van der Waals surface area contributed by atoms with Crippen LogP contribution in [-0.4, -0.2) is 60.3 Å². The van der Waals surface area contributed by atoms with Crippen molar-refractivity contribution in [3.63, 3.8) is 0 Å². The molecule has 2 unspecified atom stereocenters. The summed E-state index contributed by atoms with van der Waals surface area (Å²) in [5, 5.41) is 9.40. The molecule has 44 heavy (non-hydrogen) atoms. The standard InChI is InChI=1S/C34H38N6O4/c1-34(2,3)44-33(42)39-30(23-41)31(25-7-5-4-6-8-25)36-26-11-9-24(10-12-26)29-17-18-35-32(38-29)37-27-13-15-28(16-14-27)40-19-21-43-22-20-40/h4-18,23,30-31,36H,19-22H2,1-3H3,(H,39,42)(H,35,37,38). The van der Waals surface area contributed by atoms with Gasteiger partial charge in [0.25, 0.3) is 0 Å². The smallest absolute Gasteiger partial charge is 0.408 e. The Morgan fingerprint density at radius 3 is 2.27 bits per heavy atom. The molecule has 1 fully saturated rings. The SMILES string of the molecule is CC(C)(C)OC(=O)NC(C=O)C(Nc1ccc(-c2ccnc(Nc3ccc(N4CCOCC4)cc3)n2)cc1)c1ccccc1. The molecular formula is C34H38N6O4. The van der Waals surface area contributed by atoms with Crippen LogP contribution in [0, 0.1) is 0 Å². The number of aldehydes is 1. The van der Waals surface area contributed by atoms with Crippen molar-refractivity contribution in [2.24, 2.45) is 0 Å². The van der Waals surface area contributed by atoms with Crippen molar-refractivity contribution >= 4 is 35.4 Å². The summed E-state index contributed by atoms with van der Waals surface area (Å²) >= 11 is 0. The second-order valence-corrected chi connectivity index (χ2v) is 11.5. The molecule has 0 bridgehead atoms. The van der Waals surface area contributed by atoms with Crippen LogP contribution in [0.3, 0.4) is 0 Å². The Balaban J connectivity index is 1.28. The summed E-state index contributed by atoms with van der Waals surface area (Å²) < 4.78 is 10.8. The number of amides is 1. The molecule has 1 aliphatic heterocycles. The summed E-state index contributed by atoms with van der Waals surface area (Å²) in [6.07, 6.45) is 1.78. The molecule has 1 saturated heterocycles. The third kappa shape index (κ3) is 8.32. The van der Waals surface area contributed by atoms with Gasteiger partial charge in [0, 0.05) is 41.9 Å². The molecule has 0 radical (unpaired) electrons. The molecule has 1 aliphatic rings. The van der Waals surface area contributed by atoms with Crippen molar-refractivity contribution in [1.82, 2.24) is 15.3 Å². The lowest BCUT2D eigenvalue weighted by Crippen LogP contribution is -2.45. The number of nitrogens with zero attached hydrogens (tertiary/aromatic N) is 3. The monoisotopic (exact) mass is 594 g/mol. The molecule has 10 nitrogen and oxygen atoms in total. The second kappa shape index (κ2) is 14.0. The number of anilines is 4. The number of benzene rings is 3. The highest BCUT2D eigenvalue weighted by Gasteiger charge is 2.27. The van der Waals surface area contributed by atoms with Crippen LogP contribution in [0.1, 0.15) is 32.4 Å². The van der Waals surface area contributed by atoms with E-state index in [1.165, 1.54) is 0 Å². The molecule has 228 valence electrons. The fourth-order valence-corrected chi connectivity index (χ4v) is 4.88. The van der Waals surface area contributed by atoms with Gasteiger partial charge in [0.05, 0.1) is 24.9 Å². The zero-order chi connectivity index (χ0) is 30.9. The summed E-state index contributed by atoms with van der Waals surface area (Å²) in [5.74, 6) is 0.495. The van der Waals surface area contributed by atoms with Gasteiger partial charge in [0.15, 0.2) is 0 Å². The Bertz CT molecular complexity index is 1520. The van der Waals surface area contributed by atoms with Gasteiger partial charge in [-0.05, 0) is 68.8 Å². The van der Waals surface area contributed by atoms with Gasteiger partial charge in [-0.3, -0.25) is 0 Å².